The quantitative estimate of drug-likeness (QED) is 0.325. The molecule has 23 heavy (non-hydrogen) atoms. The van der Waals surface area contributed by atoms with E-state index in [2.05, 4.69) is 13.6 Å². The van der Waals surface area contributed by atoms with Crippen molar-refractivity contribution >= 4 is 11.8 Å². The van der Waals surface area contributed by atoms with Crippen LogP contribution in [0, 0.1) is 10.1 Å². The van der Waals surface area contributed by atoms with E-state index in [0.29, 0.717) is 0 Å². The zero-order chi connectivity index (χ0) is 16.9. The molecule has 0 radical (unpaired) electrons. The molecule has 0 aliphatic rings. The Morgan fingerprint density at radius 3 is 1.65 bits per heavy atom. The Kier molecular flexibility index (Phi) is 7.77. The fourth-order valence-electron chi connectivity index (χ4n) is 1.19. The average molecular weight is 319 g/mol. The Hall–Kier alpha value is -3.55. The molecule has 3 aromatic rings. The normalized spacial score (nSPS) is 8.70. The smallest absolute Gasteiger partial charge is 0.473 e. The van der Waals surface area contributed by atoms with Gasteiger partial charge in [-0.05, 0) is 36.4 Å². The summed E-state index contributed by atoms with van der Waals surface area (Å²) in [7, 11) is 0. The second-order valence-electron chi connectivity index (χ2n) is 3.71. The van der Waals surface area contributed by atoms with Crippen molar-refractivity contribution in [3.63, 3.8) is 0 Å². The first-order chi connectivity index (χ1) is 11.1. The van der Waals surface area contributed by atoms with Crippen molar-refractivity contribution in [3.05, 3.63) is 83.7 Å². The van der Waals surface area contributed by atoms with Crippen LogP contribution in [0.3, 0.4) is 0 Å². The van der Waals surface area contributed by atoms with Gasteiger partial charge in [0.15, 0.2) is 0 Å². The molecular formula is C15H13NO7. The van der Waals surface area contributed by atoms with E-state index < -0.39 is 11.1 Å². The zero-order valence-electron chi connectivity index (χ0n) is 11.8. The number of nitro benzene ring substituents is 1. The highest BCUT2D eigenvalue weighted by molar-refractivity contribution is 5.61. The lowest BCUT2D eigenvalue weighted by atomic mass is 10.3. The molecule has 0 aliphatic heterocycles. The molecular weight excluding hydrogens is 306 g/mol. The second-order valence-corrected chi connectivity index (χ2v) is 3.71. The van der Waals surface area contributed by atoms with Crippen LogP contribution < -0.4 is 4.74 Å². The zero-order valence-corrected chi connectivity index (χ0v) is 11.8. The highest BCUT2D eigenvalue weighted by Crippen LogP contribution is 2.17. The summed E-state index contributed by atoms with van der Waals surface area (Å²) >= 11 is 0. The van der Waals surface area contributed by atoms with E-state index in [1.54, 1.807) is 25.1 Å². The van der Waals surface area contributed by atoms with E-state index >= 15 is 0 Å². The molecule has 2 aromatic heterocycles. The van der Waals surface area contributed by atoms with Gasteiger partial charge in [-0.25, -0.2) is 4.79 Å². The number of furan rings is 2. The fraction of sp³-hybridized carbons (Fsp3) is 0. The van der Waals surface area contributed by atoms with E-state index in [9.17, 15) is 14.9 Å². The van der Waals surface area contributed by atoms with Gasteiger partial charge in [0.2, 0.25) is 0 Å². The molecule has 120 valence electrons. The van der Waals surface area contributed by atoms with Gasteiger partial charge in [0.25, 0.3) is 5.69 Å². The molecule has 1 aromatic carbocycles. The van der Waals surface area contributed by atoms with Crippen LogP contribution in [0.1, 0.15) is 0 Å². The third-order valence-electron chi connectivity index (χ3n) is 2.10. The van der Waals surface area contributed by atoms with Gasteiger partial charge in [-0.2, -0.15) is 0 Å². The summed E-state index contributed by atoms with van der Waals surface area (Å²) in [4.78, 5) is 19.6. The topological polar surface area (TPSA) is 116 Å². The highest BCUT2D eigenvalue weighted by Gasteiger charge is 2.05. The van der Waals surface area contributed by atoms with Crippen molar-refractivity contribution in [1.82, 2.24) is 0 Å². The number of ether oxygens (including phenoxy) is 1. The van der Waals surface area contributed by atoms with E-state index in [1.807, 2.05) is 24.3 Å². The van der Waals surface area contributed by atoms with E-state index in [4.69, 9.17) is 5.11 Å². The minimum Gasteiger partial charge on any atom is -0.473 e. The lowest BCUT2D eigenvalue weighted by Gasteiger charge is -1.97. The van der Waals surface area contributed by atoms with Crippen LogP contribution in [0.4, 0.5) is 10.5 Å². The summed E-state index contributed by atoms with van der Waals surface area (Å²) in [6.45, 7) is 0. The molecule has 2 heterocycles. The number of hydrogen-bond donors (Lipinski definition) is 1. The molecule has 8 heteroatoms. The highest BCUT2D eigenvalue weighted by atomic mass is 16.7. The maximum Gasteiger partial charge on any atom is 0.511 e. The SMILES string of the molecule is O=C(O)Oc1ccc([N+](=O)[O-])cc1.c1ccoc1.c1ccoc1. The molecule has 0 saturated heterocycles. The molecule has 1 N–H and O–H groups in total. The summed E-state index contributed by atoms with van der Waals surface area (Å²) in [5.41, 5.74) is -0.113. The van der Waals surface area contributed by atoms with Gasteiger partial charge in [-0.1, -0.05) is 0 Å². The van der Waals surface area contributed by atoms with Crippen LogP contribution in [-0.2, 0) is 0 Å². The molecule has 0 spiro atoms. The first-order valence-corrected chi connectivity index (χ1v) is 6.19. The second kappa shape index (κ2) is 10.2. The third-order valence-corrected chi connectivity index (χ3v) is 2.10. The van der Waals surface area contributed by atoms with Crippen LogP contribution in [0.5, 0.6) is 5.75 Å². The lowest BCUT2D eigenvalue weighted by molar-refractivity contribution is -0.384. The first kappa shape index (κ1) is 17.5. The van der Waals surface area contributed by atoms with E-state index in [1.165, 1.54) is 12.1 Å². The number of non-ortho nitro benzene ring substituents is 1. The molecule has 0 amide bonds. The van der Waals surface area contributed by atoms with Gasteiger partial charge in [0.1, 0.15) is 5.75 Å². The van der Waals surface area contributed by atoms with Gasteiger partial charge in [0, 0.05) is 12.1 Å². The number of rotatable bonds is 2. The molecule has 8 nitrogen and oxygen atoms in total. The molecule has 0 bridgehead atoms. The van der Waals surface area contributed by atoms with E-state index in [-0.39, 0.29) is 11.4 Å². The first-order valence-electron chi connectivity index (χ1n) is 6.19. The summed E-state index contributed by atoms with van der Waals surface area (Å²) in [6, 6.07) is 12.1. The summed E-state index contributed by atoms with van der Waals surface area (Å²) in [5.74, 6) is 0.0538. The predicted octanol–water partition coefficient (Wildman–Crippen LogP) is 4.21. The Bertz CT molecular complexity index is 600. The van der Waals surface area contributed by atoms with Gasteiger partial charge < -0.3 is 18.7 Å². The van der Waals surface area contributed by atoms with Crippen molar-refractivity contribution in [2.45, 2.75) is 0 Å². The molecule has 0 unspecified atom stereocenters. The standard InChI is InChI=1S/C7H5NO5.2C4H4O/c9-7(10)13-6-3-1-5(2-4-6)8(11)12;2*1-2-4-5-3-1/h1-4H,(H,9,10);2*1-4H. The lowest BCUT2D eigenvalue weighted by Crippen LogP contribution is -2.02. The molecule has 3 rings (SSSR count). The Morgan fingerprint density at radius 2 is 1.39 bits per heavy atom. The number of benzene rings is 1. The average Bonchev–Trinajstić information content (AvgIpc) is 3.26. The summed E-state index contributed by atoms with van der Waals surface area (Å²) in [6.07, 6.45) is 5.05. The Balaban J connectivity index is 0.000000213. The Morgan fingerprint density at radius 1 is 0.957 bits per heavy atom. The number of hydrogen-bond acceptors (Lipinski definition) is 6. The fourth-order valence-corrected chi connectivity index (χ4v) is 1.19. The van der Waals surface area contributed by atoms with Crippen LogP contribution in [0.25, 0.3) is 0 Å². The van der Waals surface area contributed by atoms with E-state index in [0.717, 1.165) is 12.1 Å². The van der Waals surface area contributed by atoms with Crippen molar-refractivity contribution in [2.24, 2.45) is 0 Å². The van der Waals surface area contributed by atoms with Gasteiger partial charge in [-0.15, -0.1) is 0 Å². The number of nitrogens with zero attached hydrogens (tertiary/aromatic N) is 1. The number of carbonyl (C=O) groups is 1. The van der Waals surface area contributed by atoms with Crippen molar-refractivity contribution in [1.29, 1.82) is 0 Å². The largest absolute Gasteiger partial charge is 0.511 e. The van der Waals surface area contributed by atoms with Gasteiger partial charge >= 0.3 is 6.16 Å². The van der Waals surface area contributed by atoms with Crippen LogP contribution in [0.15, 0.2) is 82.4 Å². The van der Waals surface area contributed by atoms with Crippen molar-refractivity contribution in [3.8, 4) is 5.75 Å². The summed E-state index contributed by atoms with van der Waals surface area (Å²) in [5, 5.41) is 18.4. The van der Waals surface area contributed by atoms with Crippen LogP contribution in [0.2, 0.25) is 0 Å². The maximum absolute atomic E-state index is 10.2. The minimum absolute atomic E-state index is 0.0538. The minimum atomic E-state index is -1.45. The molecule has 0 atom stereocenters. The van der Waals surface area contributed by atoms with Crippen molar-refractivity contribution < 1.29 is 28.4 Å². The predicted molar refractivity (Wildman–Crippen MR) is 79.2 cm³/mol. The third kappa shape index (κ3) is 8.35. The molecule has 0 saturated carbocycles. The molecule has 0 fully saturated rings. The monoisotopic (exact) mass is 319 g/mol. The number of carboxylic acid groups (broad SMARTS) is 1. The van der Waals surface area contributed by atoms with Crippen LogP contribution >= 0.6 is 0 Å². The van der Waals surface area contributed by atoms with Gasteiger partial charge in [-0.3, -0.25) is 10.1 Å². The van der Waals surface area contributed by atoms with Gasteiger partial charge in [0.05, 0.1) is 30.0 Å². The Labute approximate surface area is 130 Å². The van der Waals surface area contributed by atoms with Crippen molar-refractivity contribution in [2.75, 3.05) is 0 Å². The maximum atomic E-state index is 10.2. The van der Waals surface area contributed by atoms with Crippen LogP contribution in [-0.4, -0.2) is 16.2 Å². The number of nitro groups is 1. The summed E-state index contributed by atoms with van der Waals surface area (Å²) < 4.78 is 13.4. The molecule has 0 aliphatic carbocycles.